The van der Waals surface area contributed by atoms with E-state index in [0.717, 1.165) is 11.6 Å². The summed E-state index contributed by atoms with van der Waals surface area (Å²) in [6.07, 6.45) is -0.0201. The topological polar surface area (TPSA) is 160 Å². The van der Waals surface area contributed by atoms with Crippen LogP contribution >= 0.6 is 0 Å². The largest absolute Gasteiger partial charge is 0.481 e. The Kier molecular flexibility index (Phi) is 9.40. The molecule has 0 saturated carbocycles. The van der Waals surface area contributed by atoms with E-state index in [9.17, 15) is 14.0 Å². The van der Waals surface area contributed by atoms with Crippen LogP contribution in [-0.2, 0) is 9.53 Å². The minimum absolute atomic E-state index is 0.0492. The second kappa shape index (κ2) is 13.1. The Balaban J connectivity index is 1.41. The first-order valence-electron chi connectivity index (χ1n) is 13.1. The maximum atomic E-state index is 14.9. The predicted octanol–water partition coefficient (Wildman–Crippen LogP) is 4.15. The quantitative estimate of drug-likeness (QED) is 0.245. The summed E-state index contributed by atoms with van der Waals surface area (Å²) in [4.78, 5) is 33.8. The Hall–Kier alpha value is -4.65. The van der Waals surface area contributed by atoms with Gasteiger partial charge in [-0.25, -0.2) is 4.39 Å². The third-order valence-corrected chi connectivity index (χ3v) is 6.08. The van der Waals surface area contributed by atoms with E-state index in [4.69, 9.17) is 24.3 Å². The highest BCUT2D eigenvalue weighted by Gasteiger charge is 2.22. The van der Waals surface area contributed by atoms with Gasteiger partial charge < -0.3 is 29.2 Å². The summed E-state index contributed by atoms with van der Waals surface area (Å²) < 4.78 is 36.5. The zero-order chi connectivity index (χ0) is 29.5. The van der Waals surface area contributed by atoms with Gasteiger partial charge in [0.15, 0.2) is 6.10 Å². The van der Waals surface area contributed by atoms with Crippen LogP contribution in [0, 0.1) is 5.82 Å². The zero-order valence-electron chi connectivity index (χ0n) is 23.2. The lowest BCUT2D eigenvalue weighted by atomic mass is 10.1. The van der Waals surface area contributed by atoms with E-state index in [1.165, 1.54) is 24.1 Å². The van der Waals surface area contributed by atoms with Crippen LogP contribution in [0.2, 0.25) is 0 Å². The maximum absolute atomic E-state index is 14.9. The van der Waals surface area contributed by atoms with Crippen molar-refractivity contribution in [1.29, 1.82) is 0 Å². The van der Waals surface area contributed by atoms with Gasteiger partial charge in [-0.2, -0.15) is 9.97 Å². The average Bonchev–Trinajstić information content (AvgIpc) is 3.67. The molecule has 216 valence electrons. The van der Waals surface area contributed by atoms with E-state index in [2.05, 4.69) is 20.3 Å². The van der Waals surface area contributed by atoms with Gasteiger partial charge >= 0.3 is 5.97 Å². The van der Waals surface area contributed by atoms with E-state index in [-0.39, 0.29) is 42.9 Å². The molecule has 41 heavy (non-hydrogen) atoms. The van der Waals surface area contributed by atoms with E-state index in [1.54, 1.807) is 12.1 Å². The molecule has 4 rings (SSSR count). The molecule has 0 aliphatic heterocycles. The summed E-state index contributed by atoms with van der Waals surface area (Å²) in [6, 6.07) is 11.2. The molecule has 1 unspecified atom stereocenters. The Labute approximate surface area is 235 Å². The number of amides is 1. The minimum atomic E-state index is -0.754. The standard InChI is InChI=1S/C28H31FN6O6/c1-5-22(39-19-9-6-17(7-10-19)24-31-26(16(2)3)40-33-24)27-32-25(34-41-27)18-8-11-20(21(29)14-18)28(37)35(4)12-13-38-23(36)15-30/h6-11,14,16,22H,5,12-13,15,30H2,1-4H3. The number of carbonyl (C=O) groups excluding carboxylic acids is 2. The van der Waals surface area contributed by atoms with Crippen molar-refractivity contribution in [3.8, 4) is 28.5 Å². The van der Waals surface area contributed by atoms with Crippen LogP contribution in [-0.4, -0.2) is 63.8 Å². The molecule has 2 N–H and O–H groups in total. The number of esters is 1. The second-order valence-electron chi connectivity index (χ2n) is 9.45. The lowest BCUT2D eigenvalue weighted by Gasteiger charge is -2.17. The smallest absolute Gasteiger partial charge is 0.319 e. The number of aromatic nitrogens is 4. The fourth-order valence-electron chi connectivity index (χ4n) is 3.72. The van der Waals surface area contributed by atoms with Gasteiger partial charge in [0.1, 0.15) is 18.2 Å². The molecule has 4 aromatic rings. The fraction of sp³-hybridized carbons (Fsp3) is 0.357. The number of rotatable bonds is 12. The number of nitrogens with two attached hydrogens (primary N) is 1. The third kappa shape index (κ3) is 7.11. The molecular weight excluding hydrogens is 535 g/mol. The van der Waals surface area contributed by atoms with Crippen molar-refractivity contribution < 1.29 is 32.5 Å². The van der Waals surface area contributed by atoms with Crippen LogP contribution in [0.4, 0.5) is 4.39 Å². The molecule has 0 aliphatic rings. The highest BCUT2D eigenvalue weighted by molar-refractivity contribution is 5.94. The van der Waals surface area contributed by atoms with Gasteiger partial charge in [-0.3, -0.25) is 9.59 Å². The van der Waals surface area contributed by atoms with Gasteiger partial charge in [0.2, 0.25) is 17.5 Å². The van der Waals surface area contributed by atoms with Gasteiger partial charge in [-0.15, -0.1) is 0 Å². The summed E-state index contributed by atoms with van der Waals surface area (Å²) in [7, 11) is 1.48. The van der Waals surface area contributed by atoms with E-state index in [1.807, 2.05) is 32.9 Å². The zero-order valence-corrected chi connectivity index (χ0v) is 23.2. The SMILES string of the molecule is CCC(Oc1ccc(-c2noc(C(C)C)n2)cc1)c1nc(-c2ccc(C(=O)N(C)CCOC(=O)CN)c(F)c2)no1. The van der Waals surface area contributed by atoms with Crippen LogP contribution < -0.4 is 10.5 Å². The lowest BCUT2D eigenvalue weighted by molar-refractivity contribution is -0.142. The van der Waals surface area contributed by atoms with Crippen LogP contribution in [0.1, 0.15) is 61.4 Å². The molecule has 2 aromatic heterocycles. The molecule has 0 fully saturated rings. The van der Waals surface area contributed by atoms with Crippen molar-refractivity contribution in [2.45, 2.75) is 39.2 Å². The van der Waals surface area contributed by atoms with Crippen molar-refractivity contribution >= 4 is 11.9 Å². The molecule has 2 heterocycles. The Morgan fingerprint density at radius 2 is 1.63 bits per heavy atom. The van der Waals surface area contributed by atoms with Crippen molar-refractivity contribution in [2.24, 2.45) is 5.73 Å². The summed E-state index contributed by atoms with van der Waals surface area (Å²) in [6.45, 7) is 5.63. The van der Waals surface area contributed by atoms with Crippen molar-refractivity contribution in [3.05, 3.63) is 65.6 Å². The number of nitrogens with zero attached hydrogens (tertiary/aromatic N) is 5. The Morgan fingerprint density at radius 1 is 1.00 bits per heavy atom. The van der Waals surface area contributed by atoms with Gasteiger partial charge in [-0.1, -0.05) is 37.2 Å². The number of ether oxygens (including phenoxy) is 2. The summed E-state index contributed by atoms with van der Waals surface area (Å²) in [5.74, 6) is 0.219. The normalized spacial score (nSPS) is 11.9. The predicted molar refractivity (Wildman–Crippen MR) is 144 cm³/mol. The Bertz CT molecular complexity index is 1490. The van der Waals surface area contributed by atoms with Crippen LogP contribution in [0.25, 0.3) is 22.8 Å². The average molecular weight is 567 g/mol. The van der Waals surface area contributed by atoms with Crippen LogP contribution in [0.5, 0.6) is 5.75 Å². The van der Waals surface area contributed by atoms with Gasteiger partial charge in [0.05, 0.1) is 18.7 Å². The van der Waals surface area contributed by atoms with Gasteiger partial charge in [-0.05, 0) is 42.8 Å². The first kappa shape index (κ1) is 29.3. The summed E-state index contributed by atoms with van der Waals surface area (Å²) in [5, 5.41) is 7.99. The first-order valence-corrected chi connectivity index (χ1v) is 13.1. The third-order valence-electron chi connectivity index (χ3n) is 6.08. The molecule has 0 spiro atoms. The van der Waals surface area contributed by atoms with Crippen molar-refractivity contribution in [3.63, 3.8) is 0 Å². The lowest BCUT2D eigenvalue weighted by Crippen LogP contribution is -2.32. The first-order chi connectivity index (χ1) is 19.7. The number of likely N-dealkylation sites (N-methyl/N-ethyl adjacent to an activating group) is 1. The maximum Gasteiger partial charge on any atom is 0.319 e. The number of halogens is 1. The van der Waals surface area contributed by atoms with E-state index >= 15 is 0 Å². The van der Waals surface area contributed by atoms with Gasteiger partial charge in [0, 0.05) is 24.1 Å². The molecule has 1 amide bonds. The number of benzene rings is 2. The molecule has 1 atom stereocenters. The number of hydrogen-bond donors (Lipinski definition) is 1. The summed E-state index contributed by atoms with van der Waals surface area (Å²) >= 11 is 0. The molecule has 0 saturated heterocycles. The summed E-state index contributed by atoms with van der Waals surface area (Å²) in [5.41, 5.74) is 6.14. The van der Waals surface area contributed by atoms with Crippen LogP contribution in [0.15, 0.2) is 51.5 Å². The van der Waals surface area contributed by atoms with Gasteiger partial charge in [0.25, 0.3) is 11.8 Å². The Morgan fingerprint density at radius 3 is 2.24 bits per heavy atom. The van der Waals surface area contributed by atoms with Crippen molar-refractivity contribution in [1.82, 2.24) is 25.2 Å². The molecule has 0 radical (unpaired) electrons. The molecule has 12 nitrogen and oxygen atoms in total. The number of hydrogen-bond acceptors (Lipinski definition) is 11. The van der Waals surface area contributed by atoms with Crippen molar-refractivity contribution in [2.75, 3.05) is 26.7 Å². The molecule has 0 bridgehead atoms. The minimum Gasteiger partial charge on any atom is -0.481 e. The van der Waals surface area contributed by atoms with E-state index < -0.39 is 23.8 Å². The molecule has 2 aromatic carbocycles. The van der Waals surface area contributed by atoms with E-state index in [0.29, 0.717) is 29.4 Å². The number of carbonyl (C=O) groups is 2. The fourth-order valence-corrected chi connectivity index (χ4v) is 3.72. The highest BCUT2D eigenvalue weighted by Crippen LogP contribution is 2.28. The monoisotopic (exact) mass is 566 g/mol. The molecule has 13 heteroatoms. The van der Waals surface area contributed by atoms with Crippen LogP contribution in [0.3, 0.4) is 0 Å². The molecule has 0 aliphatic carbocycles. The molecular formula is C28H31FN6O6. The highest BCUT2D eigenvalue weighted by atomic mass is 19.1. The second-order valence-corrected chi connectivity index (χ2v) is 9.45.